The van der Waals surface area contributed by atoms with Gasteiger partial charge in [-0.15, -0.1) is 0 Å². The lowest BCUT2D eigenvalue weighted by molar-refractivity contribution is -0.108. The molecule has 0 radical (unpaired) electrons. The minimum Gasteiger partial charge on any atom is -0.321 e. The summed E-state index contributed by atoms with van der Waals surface area (Å²) in [5, 5.41) is 2.37. The molecule has 0 aromatic heterocycles. The fourth-order valence-corrected chi connectivity index (χ4v) is 1.77. The topological polar surface area (TPSA) is 43.1 Å². The van der Waals surface area contributed by atoms with Crippen molar-refractivity contribution in [1.29, 1.82) is 0 Å². The lowest BCUT2D eigenvalue weighted by Crippen LogP contribution is -2.24. The Morgan fingerprint density at radius 1 is 1.20 bits per heavy atom. The third-order valence-electron chi connectivity index (χ3n) is 2.51. The van der Waals surface area contributed by atoms with E-state index in [1.54, 1.807) is 0 Å². The molecule has 0 saturated heterocycles. The van der Waals surface area contributed by atoms with E-state index in [1.807, 2.05) is 24.3 Å². The van der Waals surface area contributed by atoms with Crippen LogP contribution in [0.1, 0.15) is 6.99 Å². The van der Waals surface area contributed by atoms with Gasteiger partial charge >= 0.3 is 0 Å². The number of aldehydes is 1. The first-order valence-corrected chi connectivity index (χ1v) is 4.99. The summed E-state index contributed by atoms with van der Waals surface area (Å²) in [4.78, 5) is 10.5. The van der Waals surface area contributed by atoms with Crippen molar-refractivity contribution in [1.82, 2.24) is 0 Å². The first-order chi connectivity index (χ1) is 7.31. The van der Waals surface area contributed by atoms with Gasteiger partial charge in [-0.05, 0) is 22.8 Å². The molecule has 0 fully saturated rings. The average Bonchev–Trinajstić information content (AvgIpc) is 2.29. The molecule has 2 N–H and O–H groups in total. The zero-order chi connectivity index (χ0) is 10.7. The summed E-state index contributed by atoms with van der Waals surface area (Å²) >= 11 is 0. The molecule has 2 heteroatoms. The van der Waals surface area contributed by atoms with Gasteiger partial charge in [-0.2, -0.15) is 0 Å². The summed E-state index contributed by atoms with van der Waals surface area (Å²) in [6, 6.07) is 13.8. The van der Waals surface area contributed by atoms with Gasteiger partial charge in [0.25, 0.3) is 0 Å². The number of hydrogen-bond donors (Lipinski definition) is 1. The highest BCUT2D eigenvalue weighted by atomic mass is 16.1. The minimum absolute atomic E-state index is 0. The van der Waals surface area contributed by atoms with Crippen molar-refractivity contribution in [2.24, 2.45) is 5.73 Å². The van der Waals surface area contributed by atoms with Gasteiger partial charge in [0.05, 0.1) is 6.04 Å². The third-order valence-corrected chi connectivity index (χ3v) is 2.51. The molecule has 0 bridgehead atoms. The summed E-state index contributed by atoms with van der Waals surface area (Å²) in [6.07, 6.45) is 1.40. The fourth-order valence-electron chi connectivity index (χ4n) is 1.77. The molecule has 0 aliphatic heterocycles. The number of hydrogen-bond acceptors (Lipinski definition) is 2. The number of carbonyl (C=O) groups excluding carboxylic acids is 1. The average molecular weight is 201 g/mol. The largest absolute Gasteiger partial charge is 0.321 e. The van der Waals surface area contributed by atoms with E-state index < -0.39 is 6.04 Å². The summed E-state index contributed by atoms with van der Waals surface area (Å²) in [5.41, 5.74) is 6.76. The summed E-state index contributed by atoms with van der Waals surface area (Å²) in [6.45, 7) is 0. The smallest absolute Gasteiger partial charge is 0.137 e. The number of fused-ring (bicyclic) bond motifs is 1. The summed E-state index contributed by atoms with van der Waals surface area (Å²) in [5.74, 6) is 0. The van der Waals surface area contributed by atoms with Crippen LogP contribution in [0.15, 0.2) is 42.5 Å². The van der Waals surface area contributed by atoms with Crippen molar-refractivity contribution in [3.63, 3.8) is 0 Å². The zero-order valence-electron chi connectivity index (χ0n) is 8.39. The van der Waals surface area contributed by atoms with E-state index in [4.69, 9.17) is 5.73 Å². The predicted octanol–water partition coefficient (Wildman–Crippen LogP) is 2.15. The Morgan fingerprint density at radius 2 is 1.93 bits per heavy atom. The quantitative estimate of drug-likeness (QED) is 0.773. The second-order valence-electron chi connectivity index (χ2n) is 3.64. The number of benzene rings is 2. The molecule has 0 amide bonds. The summed E-state index contributed by atoms with van der Waals surface area (Å²) in [7, 11) is 0. The molecule has 2 nitrogen and oxygen atoms in total. The molecule has 1 atom stereocenters. The number of nitrogens with two attached hydrogens (primary N) is 1. The first kappa shape index (κ1) is 9.87. The predicted molar refractivity (Wildman–Crippen MR) is 63.8 cm³/mol. The van der Waals surface area contributed by atoms with Crippen LogP contribution in [-0.2, 0) is 11.2 Å². The molecule has 2 aromatic carbocycles. The Bertz CT molecular complexity index is 479. The van der Waals surface area contributed by atoms with E-state index in [2.05, 4.69) is 18.2 Å². The van der Waals surface area contributed by atoms with E-state index in [1.165, 1.54) is 10.8 Å². The maximum absolute atomic E-state index is 10.5. The normalized spacial score (nSPS) is 12.6. The Labute approximate surface area is 90.2 Å². The lowest BCUT2D eigenvalue weighted by atomic mass is 10.00. The minimum atomic E-state index is -0.407. The van der Waals surface area contributed by atoms with Crippen LogP contribution < -0.4 is 5.73 Å². The molecule has 2 aromatic rings. The van der Waals surface area contributed by atoms with Crippen LogP contribution in [0.25, 0.3) is 10.8 Å². The van der Waals surface area contributed by atoms with Crippen LogP contribution in [0, 0.1) is 0 Å². The molecule has 15 heavy (non-hydrogen) atoms. The zero-order valence-corrected chi connectivity index (χ0v) is 8.39. The van der Waals surface area contributed by atoms with Gasteiger partial charge in [-0.1, -0.05) is 42.5 Å². The van der Waals surface area contributed by atoms with Crippen molar-refractivity contribution in [3.8, 4) is 0 Å². The van der Waals surface area contributed by atoms with Crippen LogP contribution in [-0.4, -0.2) is 12.3 Å². The van der Waals surface area contributed by atoms with Crippen molar-refractivity contribution >= 4 is 17.1 Å². The first-order valence-electron chi connectivity index (χ1n) is 4.99. The Balaban J connectivity index is 0.00000128. The number of rotatable bonds is 3. The molecular weight excluding hydrogens is 186 g/mol. The maximum Gasteiger partial charge on any atom is 0.137 e. The van der Waals surface area contributed by atoms with Crippen molar-refractivity contribution in [2.75, 3.05) is 0 Å². The van der Waals surface area contributed by atoms with E-state index in [0.29, 0.717) is 6.42 Å². The van der Waals surface area contributed by atoms with Gasteiger partial charge in [0.15, 0.2) is 0 Å². The van der Waals surface area contributed by atoms with Gasteiger partial charge in [0.2, 0.25) is 0 Å². The molecule has 0 spiro atoms. The number of carbonyl (C=O) groups is 1. The second kappa shape index (κ2) is 4.24. The lowest BCUT2D eigenvalue weighted by Gasteiger charge is -2.07. The Kier molecular flexibility index (Phi) is 2.79. The molecule has 0 aliphatic rings. The van der Waals surface area contributed by atoms with Crippen molar-refractivity contribution in [2.45, 2.75) is 12.5 Å². The molecule has 0 heterocycles. The van der Waals surface area contributed by atoms with E-state index >= 15 is 0 Å². The van der Waals surface area contributed by atoms with Crippen LogP contribution in [0.4, 0.5) is 0 Å². The Morgan fingerprint density at radius 3 is 2.73 bits per heavy atom. The molecule has 0 aliphatic carbocycles. The Hall–Kier alpha value is -1.67. The standard InChI is InChI=1S/C13H13NO.H2/c14-12(9-15)8-11-6-3-5-10-4-1-2-7-13(10)11;/h1-7,9,12H,8,14H2;1H/t12-;/m0./s1. The SMILES string of the molecule is N[C@H](C=O)Cc1cccc2ccccc12.[HH]. The van der Waals surface area contributed by atoms with Crippen LogP contribution in [0.5, 0.6) is 0 Å². The van der Waals surface area contributed by atoms with E-state index in [9.17, 15) is 4.79 Å². The van der Waals surface area contributed by atoms with Crippen molar-refractivity contribution in [3.05, 3.63) is 48.0 Å². The van der Waals surface area contributed by atoms with Gasteiger partial charge < -0.3 is 10.5 Å². The van der Waals surface area contributed by atoms with Crippen LogP contribution >= 0.6 is 0 Å². The van der Waals surface area contributed by atoms with Gasteiger partial charge in [0.1, 0.15) is 6.29 Å². The van der Waals surface area contributed by atoms with Gasteiger partial charge in [-0.3, -0.25) is 0 Å². The monoisotopic (exact) mass is 201 g/mol. The van der Waals surface area contributed by atoms with Crippen molar-refractivity contribution < 1.29 is 6.22 Å². The molecule has 78 valence electrons. The summed E-state index contributed by atoms with van der Waals surface area (Å²) < 4.78 is 0. The van der Waals surface area contributed by atoms with Crippen LogP contribution in [0.3, 0.4) is 0 Å². The highest BCUT2D eigenvalue weighted by Gasteiger charge is 2.05. The molecule has 0 unspecified atom stereocenters. The van der Waals surface area contributed by atoms with Gasteiger partial charge in [0, 0.05) is 1.43 Å². The van der Waals surface area contributed by atoms with Gasteiger partial charge in [-0.25, -0.2) is 0 Å². The van der Waals surface area contributed by atoms with Crippen LogP contribution in [0.2, 0.25) is 0 Å². The maximum atomic E-state index is 10.5. The highest BCUT2D eigenvalue weighted by Crippen LogP contribution is 2.19. The third kappa shape index (κ3) is 2.05. The van der Waals surface area contributed by atoms with E-state index in [-0.39, 0.29) is 1.43 Å². The molecule has 2 rings (SSSR count). The fraction of sp³-hybridized carbons (Fsp3) is 0.154. The second-order valence-corrected chi connectivity index (χ2v) is 3.64. The molecular formula is C13H15NO. The molecule has 0 saturated carbocycles. The van der Waals surface area contributed by atoms with E-state index in [0.717, 1.165) is 11.8 Å². The highest BCUT2D eigenvalue weighted by molar-refractivity contribution is 5.86.